The molecular formula is C22H22ClN5O3S. The van der Waals surface area contributed by atoms with Crippen molar-refractivity contribution in [3.8, 4) is 5.75 Å². The Bertz CT molecular complexity index is 1370. The quantitative estimate of drug-likeness (QED) is 0.391. The van der Waals surface area contributed by atoms with Crippen molar-refractivity contribution >= 4 is 38.3 Å². The standard InChI is InChI=1S/C22H22ClN5O3S/c1-31-17-8-5-6-15(12-17)10-11-28-21-18(14-25-28)20(26-22(27-21)32(2,29)30)24-13-16-7-3-4-9-19(16)23/h3-9,12,14H,10-11,13H2,1-2H3,(H,24,26,27). The minimum atomic E-state index is -3.62. The first-order valence-corrected chi connectivity index (χ1v) is 12.2. The molecular weight excluding hydrogens is 450 g/mol. The Balaban J connectivity index is 1.66. The van der Waals surface area contributed by atoms with E-state index in [0.29, 0.717) is 41.4 Å². The van der Waals surface area contributed by atoms with Crippen LogP contribution in [0, 0.1) is 0 Å². The van der Waals surface area contributed by atoms with Crippen molar-refractivity contribution in [1.82, 2.24) is 19.7 Å². The SMILES string of the molecule is COc1cccc(CCn2ncc3c(NCc4ccccc4Cl)nc(S(C)(=O)=O)nc32)c1. The van der Waals surface area contributed by atoms with Crippen LogP contribution >= 0.6 is 11.6 Å². The lowest BCUT2D eigenvalue weighted by Gasteiger charge is -2.10. The first kappa shape index (κ1) is 22.0. The highest BCUT2D eigenvalue weighted by molar-refractivity contribution is 7.90. The number of hydrogen-bond donors (Lipinski definition) is 1. The number of aromatic nitrogens is 4. The molecule has 2 aromatic carbocycles. The van der Waals surface area contributed by atoms with Crippen molar-refractivity contribution in [3.63, 3.8) is 0 Å². The van der Waals surface area contributed by atoms with Gasteiger partial charge in [0.15, 0.2) is 5.65 Å². The fourth-order valence-electron chi connectivity index (χ4n) is 3.28. The number of halogens is 1. The highest BCUT2D eigenvalue weighted by Gasteiger charge is 2.19. The van der Waals surface area contributed by atoms with Gasteiger partial charge in [-0.05, 0) is 35.7 Å². The zero-order valence-electron chi connectivity index (χ0n) is 17.6. The summed E-state index contributed by atoms with van der Waals surface area (Å²) in [6.07, 6.45) is 3.40. The van der Waals surface area contributed by atoms with Gasteiger partial charge in [0.1, 0.15) is 11.6 Å². The van der Waals surface area contributed by atoms with Crippen LogP contribution in [0.25, 0.3) is 11.0 Å². The fraction of sp³-hybridized carbons (Fsp3) is 0.227. The van der Waals surface area contributed by atoms with E-state index in [9.17, 15) is 8.42 Å². The monoisotopic (exact) mass is 471 g/mol. The smallest absolute Gasteiger partial charge is 0.250 e. The number of ether oxygens (including phenoxy) is 1. The van der Waals surface area contributed by atoms with E-state index in [1.165, 1.54) is 0 Å². The summed E-state index contributed by atoms with van der Waals surface area (Å²) in [5.74, 6) is 1.17. The summed E-state index contributed by atoms with van der Waals surface area (Å²) in [6.45, 7) is 0.894. The molecule has 2 heterocycles. The molecule has 0 fully saturated rings. The van der Waals surface area contributed by atoms with Crippen LogP contribution in [0.15, 0.2) is 59.9 Å². The Hall–Kier alpha value is -3.17. The lowest BCUT2D eigenvalue weighted by molar-refractivity contribution is 0.414. The number of nitrogens with one attached hydrogen (secondary N) is 1. The molecule has 166 valence electrons. The number of hydrogen-bond acceptors (Lipinski definition) is 7. The van der Waals surface area contributed by atoms with E-state index >= 15 is 0 Å². The van der Waals surface area contributed by atoms with Crippen LogP contribution in [-0.4, -0.2) is 41.5 Å². The van der Waals surface area contributed by atoms with Crippen molar-refractivity contribution < 1.29 is 13.2 Å². The number of nitrogens with zero attached hydrogens (tertiary/aromatic N) is 4. The first-order valence-electron chi connectivity index (χ1n) is 9.89. The van der Waals surface area contributed by atoms with Gasteiger partial charge in [0.2, 0.25) is 9.84 Å². The van der Waals surface area contributed by atoms with Crippen LogP contribution in [-0.2, 0) is 29.3 Å². The number of fused-ring (bicyclic) bond motifs is 1. The summed E-state index contributed by atoms with van der Waals surface area (Å²) in [6, 6.07) is 15.2. The van der Waals surface area contributed by atoms with E-state index in [4.69, 9.17) is 16.3 Å². The Morgan fingerprint density at radius 3 is 2.69 bits per heavy atom. The van der Waals surface area contributed by atoms with Crippen LogP contribution in [0.2, 0.25) is 5.02 Å². The molecule has 0 radical (unpaired) electrons. The van der Waals surface area contributed by atoms with Crippen molar-refractivity contribution in [2.45, 2.75) is 24.7 Å². The second-order valence-corrected chi connectivity index (χ2v) is 9.60. The van der Waals surface area contributed by atoms with Gasteiger partial charge in [-0.1, -0.05) is 41.9 Å². The lowest BCUT2D eigenvalue weighted by Crippen LogP contribution is -2.11. The van der Waals surface area contributed by atoms with Crippen LogP contribution in [0.4, 0.5) is 5.82 Å². The summed E-state index contributed by atoms with van der Waals surface area (Å²) in [7, 11) is -2.00. The highest BCUT2D eigenvalue weighted by Crippen LogP contribution is 2.24. The number of benzene rings is 2. The normalized spacial score (nSPS) is 11.6. The molecule has 8 nitrogen and oxygen atoms in total. The van der Waals surface area contributed by atoms with Gasteiger partial charge in [0.05, 0.1) is 18.7 Å². The van der Waals surface area contributed by atoms with Crippen LogP contribution in [0.5, 0.6) is 5.75 Å². The van der Waals surface area contributed by atoms with Gasteiger partial charge in [-0.15, -0.1) is 0 Å². The number of anilines is 1. The summed E-state index contributed by atoms with van der Waals surface area (Å²) in [4.78, 5) is 8.54. The molecule has 0 amide bonds. The maximum absolute atomic E-state index is 12.2. The van der Waals surface area contributed by atoms with Crippen molar-refractivity contribution in [1.29, 1.82) is 0 Å². The Morgan fingerprint density at radius 2 is 1.94 bits per heavy atom. The average molecular weight is 472 g/mol. The summed E-state index contributed by atoms with van der Waals surface area (Å²) >= 11 is 6.24. The molecule has 10 heteroatoms. The van der Waals surface area contributed by atoms with E-state index in [-0.39, 0.29) is 5.16 Å². The zero-order valence-corrected chi connectivity index (χ0v) is 19.2. The molecule has 0 aliphatic rings. The zero-order chi connectivity index (χ0) is 22.7. The predicted octanol–water partition coefficient (Wildman–Crippen LogP) is 3.75. The highest BCUT2D eigenvalue weighted by atomic mass is 35.5. The number of aryl methyl sites for hydroxylation is 2. The third-order valence-electron chi connectivity index (χ3n) is 4.96. The molecule has 0 aliphatic heterocycles. The van der Waals surface area contributed by atoms with Crippen molar-refractivity contribution in [2.24, 2.45) is 0 Å². The molecule has 0 saturated heterocycles. The molecule has 0 saturated carbocycles. The van der Waals surface area contributed by atoms with Crippen molar-refractivity contribution in [2.75, 3.05) is 18.7 Å². The minimum absolute atomic E-state index is 0.255. The molecule has 4 aromatic rings. The fourth-order valence-corrected chi connectivity index (χ4v) is 4.00. The third-order valence-corrected chi connectivity index (χ3v) is 6.17. The number of sulfone groups is 1. The molecule has 4 rings (SSSR count). The number of methoxy groups -OCH3 is 1. The van der Waals surface area contributed by atoms with E-state index in [2.05, 4.69) is 20.4 Å². The van der Waals surface area contributed by atoms with Crippen molar-refractivity contribution in [3.05, 3.63) is 70.9 Å². The lowest BCUT2D eigenvalue weighted by atomic mass is 10.1. The molecule has 0 spiro atoms. The van der Waals surface area contributed by atoms with Crippen LogP contribution in [0.3, 0.4) is 0 Å². The molecule has 0 aliphatic carbocycles. The van der Waals surface area contributed by atoms with E-state index in [0.717, 1.165) is 23.1 Å². The molecule has 32 heavy (non-hydrogen) atoms. The topological polar surface area (TPSA) is 99.0 Å². The Labute approximate surface area is 191 Å². The van der Waals surface area contributed by atoms with Crippen LogP contribution in [0.1, 0.15) is 11.1 Å². The second kappa shape index (κ2) is 9.13. The van der Waals surface area contributed by atoms with Gasteiger partial charge in [-0.3, -0.25) is 0 Å². The van der Waals surface area contributed by atoms with Gasteiger partial charge in [0.25, 0.3) is 5.16 Å². The molecule has 0 unspecified atom stereocenters. The first-order chi connectivity index (χ1) is 15.3. The largest absolute Gasteiger partial charge is 0.497 e. The average Bonchev–Trinajstić information content (AvgIpc) is 3.19. The van der Waals surface area contributed by atoms with E-state index in [1.54, 1.807) is 24.1 Å². The summed E-state index contributed by atoms with van der Waals surface area (Å²) in [5, 5.41) is 8.61. The summed E-state index contributed by atoms with van der Waals surface area (Å²) < 4.78 is 31.4. The van der Waals surface area contributed by atoms with Gasteiger partial charge >= 0.3 is 0 Å². The van der Waals surface area contributed by atoms with Gasteiger partial charge in [-0.25, -0.2) is 18.1 Å². The van der Waals surface area contributed by atoms with Gasteiger partial charge in [0, 0.05) is 24.4 Å². The van der Waals surface area contributed by atoms with Gasteiger partial charge in [-0.2, -0.15) is 10.1 Å². The van der Waals surface area contributed by atoms with E-state index in [1.807, 2.05) is 42.5 Å². The summed E-state index contributed by atoms with van der Waals surface area (Å²) in [5.41, 5.74) is 2.39. The molecule has 0 bridgehead atoms. The molecule has 2 aromatic heterocycles. The molecule has 0 atom stereocenters. The maximum Gasteiger partial charge on any atom is 0.250 e. The predicted molar refractivity (Wildman–Crippen MR) is 124 cm³/mol. The van der Waals surface area contributed by atoms with Crippen LogP contribution < -0.4 is 10.1 Å². The van der Waals surface area contributed by atoms with E-state index < -0.39 is 9.84 Å². The second-order valence-electron chi connectivity index (χ2n) is 7.28. The Morgan fingerprint density at radius 1 is 1.12 bits per heavy atom. The maximum atomic E-state index is 12.2. The molecule has 1 N–H and O–H groups in total. The number of rotatable bonds is 8. The minimum Gasteiger partial charge on any atom is -0.497 e. The third kappa shape index (κ3) is 4.84. The Kier molecular flexibility index (Phi) is 6.29. The van der Waals surface area contributed by atoms with Gasteiger partial charge < -0.3 is 10.1 Å².